The highest BCUT2D eigenvalue weighted by Gasteiger charge is 2.16. The molecule has 1 heterocycles. The summed E-state index contributed by atoms with van der Waals surface area (Å²) in [6.07, 6.45) is 4.76. The second-order valence-corrected chi connectivity index (χ2v) is 8.01. The molecule has 3 rings (SSSR count). The van der Waals surface area contributed by atoms with E-state index in [0.29, 0.717) is 17.9 Å². The van der Waals surface area contributed by atoms with Crippen LogP contribution in [0.1, 0.15) is 47.5 Å². The average molecular weight is 447 g/mol. The van der Waals surface area contributed by atoms with Gasteiger partial charge >= 0.3 is 0 Å². The molecule has 0 fully saturated rings. The smallest absolute Gasteiger partial charge is 0.267 e. The highest BCUT2D eigenvalue weighted by molar-refractivity contribution is 6.05. The van der Waals surface area contributed by atoms with Gasteiger partial charge in [0.25, 0.3) is 11.8 Å². The standard InChI is InChI=1S/C27H30N2O4/c1-19(2)33-22-14-12-21(13-15-22)9-6-16-28-27(31)25(18-23-10-7-17-32-23)29-26(30)24-11-5-4-8-20(24)3/h4-5,7-8,10-15,17-19H,6,9,16H2,1-3H3,(H,28,31)(H,29,30)/b25-18-. The maximum Gasteiger partial charge on any atom is 0.267 e. The number of hydrogen-bond donors (Lipinski definition) is 2. The molecular weight excluding hydrogens is 416 g/mol. The number of nitrogens with one attached hydrogen (secondary N) is 2. The van der Waals surface area contributed by atoms with E-state index in [0.717, 1.165) is 24.2 Å². The van der Waals surface area contributed by atoms with Crippen LogP contribution < -0.4 is 15.4 Å². The predicted molar refractivity (Wildman–Crippen MR) is 129 cm³/mol. The average Bonchev–Trinajstić information content (AvgIpc) is 3.30. The fourth-order valence-corrected chi connectivity index (χ4v) is 3.29. The Morgan fingerprint density at radius 1 is 1.03 bits per heavy atom. The molecule has 33 heavy (non-hydrogen) atoms. The van der Waals surface area contributed by atoms with Crippen LogP contribution in [0.15, 0.2) is 77.0 Å². The molecule has 2 aromatic carbocycles. The van der Waals surface area contributed by atoms with E-state index in [2.05, 4.69) is 10.6 Å². The largest absolute Gasteiger partial charge is 0.491 e. The van der Waals surface area contributed by atoms with Crippen molar-refractivity contribution in [1.29, 1.82) is 0 Å². The Kier molecular flexibility index (Phi) is 8.47. The zero-order valence-corrected chi connectivity index (χ0v) is 19.3. The van der Waals surface area contributed by atoms with Gasteiger partial charge in [-0.05, 0) is 75.1 Å². The summed E-state index contributed by atoms with van der Waals surface area (Å²) in [5.41, 5.74) is 2.64. The topological polar surface area (TPSA) is 80.6 Å². The fourth-order valence-electron chi connectivity index (χ4n) is 3.29. The van der Waals surface area contributed by atoms with Crippen LogP contribution in [0.5, 0.6) is 5.75 Å². The molecule has 0 unspecified atom stereocenters. The molecule has 0 aliphatic rings. The Balaban J connectivity index is 1.58. The highest BCUT2D eigenvalue weighted by atomic mass is 16.5. The van der Waals surface area contributed by atoms with E-state index >= 15 is 0 Å². The first-order valence-electron chi connectivity index (χ1n) is 11.1. The first-order valence-corrected chi connectivity index (χ1v) is 11.1. The maximum atomic E-state index is 12.8. The maximum absolute atomic E-state index is 12.8. The van der Waals surface area contributed by atoms with Crippen LogP contribution in [0, 0.1) is 6.92 Å². The van der Waals surface area contributed by atoms with Crippen molar-refractivity contribution in [3.05, 3.63) is 95.1 Å². The molecule has 0 spiro atoms. The van der Waals surface area contributed by atoms with Crippen molar-refractivity contribution < 1.29 is 18.7 Å². The van der Waals surface area contributed by atoms with Gasteiger partial charge in [0, 0.05) is 18.2 Å². The number of aryl methyl sites for hydroxylation is 2. The SMILES string of the molecule is Cc1ccccc1C(=O)N/C(=C\c1ccco1)C(=O)NCCCc1ccc(OC(C)C)cc1. The lowest BCUT2D eigenvalue weighted by molar-refractivity contribution is -0.117. The molecule has 2 amide bonds. The van der Waals surface area contributed by atoms with E-state index in [1.54, 1.807) is 24.3 Å². The van der Waals surface area contributed by atoms with Crippen LogP contribution in [0.3, 0.4) is 0 Å². The summed E-state index contributed by atoms with van der Waals surface area (Å²) < 4.78 is 11.0. The third kappa shape index (κ3) is 7.38. The van der Waals surface area contributed by atoms with Gasteiger partial charge in [-0.2, -0.15) is 0 Å². The monoisotopic (exact) mass is 446 g/mol. The number of carbonyl (C=O) groups excluding carboxylic acids is 2. The van der Waals surface area contributed by atoms with Gasteiger partial charge in [-0.1, -0.05) is 30.3 Å². The molecular formula is C27H30N2O4. The Bertz CT molecular complexity index is 1080. The number of carbonyl (C=O) groups is 2. The van der Waals surface area contributed by atoms with Crippen LogP contribution in [0.25, 0.3) is 6.08 Å². The molecule has 0 atom stereocenters. The zero-order valence-electron chi connectivity index (χ0n) is 19.3. The Labute approximate surface area is 194 Å². The third-order valence-corrected chi connectivity index (χ3v) is 4.94. The summed E-state index contributed by atoms with van der Waals surface area (Å²) in [6.45, 7) is 6.31. The van der Waals surface area contributed by atoms with Crippen molar-refractivity contribution in [3.63, 3.8) is 0 Å². The lowest BCUT2D eigenvalue weighted by atomic mass is 10.1. The second kappa shape index (κ2) is 11.7. The molecule has 1 aromatic heterocycles. The first kappa shape index (κ1) is 23.9. The number of benzene rings is 2. The molecule has 0 aliphatic heterocycles. The summed E-state index contributed by atoms with van der Waals surface area (Å²) in [5.74, 6) is 0.617. The second-order valence-electron chi connectivity index (χ2n) is 8.01. The molecule has 0 aliphatic carbocycles. The van der Waals surface area contributed by atoms with Crippen LogP contribution in [0.2, 0.25) is 0 Å². The van der Waals surface area contributed by atoms with Crippen LogP contribution in [-0.2, 0) is 11.2 Å². The Morgan fingerprint density at radius 2 is 1.79 bits per heavy atom. The normalized spacial score (nSPS) is 11.3. The minimum Gasteiger partial charge on any atom is -0.491 e. The van der Waals surface area contributed by atoms with Crippen molar-refractivity contribution in [3.8, 4) is 5.75 Å². The summed E-state index contributed by atoms with van der Waals surface area (Å²) in [7, 11) is 0. The molecule has 6 heteroatoms. The Hall–Kier alpha value is -3.80. The van der Waals surface area contributed by atoms with Crippen molar-refractivity contribution in [2.75, 3.05) is 6.54 Å². The van der Waals surface area contributed by atoms with Crippen molar-refractivity contribution in [1.82, 2.24) is 10.6 Å². The molecule has 0 bridgehead atoms. The van der Waals surface area contributed by atoms with Crippen LogP contribution >= 0.6 is 0 Å². The van der Waals surface area contributed by atoms with Gasteiger partial charge in [0.1, 0.15) is 17.2 Å². The summed E-state index contributed by atoms with van der Waals surface area (Å²) in [5, 5.41) is 5.61. The van der Waals surface area contributed by atoms with Gasteiger partial charge < -0.3 is 19.8 Å². The van der Waals surface area contributed by atoms with Crippen LogP contribution in [0.4, 0.5) is 0 Å². The molecule has 3 aromatic rings. The number of amides is 2. The number of hydrogen-bond acceptors (Lipinski definition) is 4. The summed E-state index contributed by atoms with van der Waals surface area (Å²) in [6, 6.07) is 18.7. The lowest BCUT2D eigenvalue weighted by Crippen LogP contribution is -2.35. The minimum atomic E-state index is -0.367. The number of furan rings is 1. The van der Waals surface area contributed by atoms with E-state index in [9.17, 15) is 9.59 Å². The zero-order chi connectivity index (χ0) is 23.6. The fraction of sp³-hybridized carbons (Fsp3) is 0.259. The summed E-state index contributed by atoms with van der Waals surface area (Å²) in [4.78, 5) is 25.6. The van der Waals surface area contributed by atoms with Gasteiger partial charge in [0.15, 0.2) is 0 Å². The lowest BCUT2D eigenvalue weighted by Gasteiger charge is -2.12. The number of rotatable bonds is 10. The number of ether oxygens (including phenoxy) is 1. The van der Waals surface area contributed by atoms with Crippen LogP contribution in [-0.4, -0.2) is 24.5 Å². The Morgan fingerprint density at radius 3 is 2.45 bits per heavy atom. The van der Waals surface area contributed by atoms with E-state index in [-0.39, 0.29) is 23.6 Å². The van der Waals surface area contributed by atoms with Gasteiger partial charge in [-0.3, -0.25) is 9.59 Å². The van der Waals surface area contributed by atoms with E-state index in [1.165, 1.54) is 17.9 Å². The highest BCUT2D eigenvalue weighted by Crippen LogP contribution is 2.15. The molecule has 0 saturated heterocycles. The van der Waals surface area contributed by atoms with E-state index in [4.69, 9.17) is 9.15 Å². The molecule has 6 nitrogen and oxygen atoms in total. The predicted octanol–water partition coefficient (Wildman–Crippen LogP) is 4.90. The minimum absolute atomic E-state index is 0.133. The van der Waals surface area contributed by atoms with Crippen molar-refractivity contribution in [2.24, 2.45) is 0 Å². The van der Waals surface area contributed by atoms with Gasteiger partial charge in [0.05, 0.1) is 12.4 Å². The third-order valence-electron chi connectivity index (χ3n) is 4.94. The van der Waals surface area contributed by atoms with Crippen molar-refractivity contribution in [2.45, 2.75) is 39.7 Å². The van der Waals surface area contributed by atoms with E-state index in [1.807, 2.05) is 57.2 Å². The van der Waals surface area contributed by atoms with E-state index < -0.39 is 0 Å². The summed E-state index contributed by atoms with van der Waals surface area (Å²) >= 11 is 0. The van der Waals surface area contributed by atoms with Crippen molar-refractivity contribution >= 4 is 17.9 Å². The molecule has 2 N–H and O–H groups in total. The quantitative estimate of drug-likeness (QED) is 0.343. The van der Waals surface area contributed by atoms with Gasteiger partial charge in [0.2, 0.25) is 0 Å². The first-order chi connectivity index (χ1) is 15.9. The molecule has 0 radical (unpaired) electrons. The molecule has 0 saturated carbocycles. The molecule has 172 valence electrons. The van der Waals surface area contributed by atoms with Gasteiger partial charge in [-0.25, -0.2) is 0 Å². The van der Waals surface area contributed by atoms with Gasteiger partial charge in [-0.15, -0.1) is 0 Å².